The minimum Gasteiger partial charge on any atom is -0.487 e. The average molecular weight is 296 g/mol. The van der Waals surface area contributed by atoms with Crippen LogP contribution in [0.5, 0.6) is 5.75 Å². The first-order valence-electron chi connectivity index (χ1n) is 7.61. The molecule has 0 amide bonds. The number of ether oxygens (including phenoxy) is 1. The van der Waals surface area contributed by atoms with E-state index in [1.165, 1.54) is 6.42 Å². The van der Waals surface area contributed by atoms with Gasteiger partial charge in [-0.25, -0.2) is 0 Å². The van der Waals surface area contributed by atoms with Gasteiger partial charge in [0.05, 0.1) is 0 Å². The highest BCUT2D eigenvalue weighted by Crippen LogP contribution is 2.41. The first kappa shape index (κ1) is 15.7. The Balaban J connectivity index is 2.06. The van der Waals surface area contributed by atoms with Crippen LogP contribution in [0.2, 0.25) is 5.02 Å². The van der Waals surface area contributed by atoms with E-state index in [4.69, 9.17) is 16.3 Å². The van der Waals surface area contributed by atoms with Gasteiger partial charge in [-0.3, -0.25) is 0 Å². The van der Waals surface area contributed by atoms with Crippen LogP contribution in [0.1, 0.15) is 50.7 Å². The molecule has 1 saturated carbocycles. The third-order valence-corrected chi connectivity index (χ3v) is 4.36. The predicted molar refractivity (Wildman–Crippen MR) is 85.9 cm³/mol. The lowest BCUT2D eigenvalue weighted by molar-refractivity contribution is -0.0156. The van der Waals surface area contributed by atoms with Crippen LogP contribution in [-0.4, -0.2) is 18.2 Å². The Morgan fingerprint density at radius 3 is 2.30 bits per heavy atom. The summed E-state index contributed by atoms with van der Waals surface area (Å²) in [6, 6.07) is 4.51. The molecule has 0 radical (unpaired) electrons. The molecule has 3 heteroatoms. The third kappa shape index (κ3) is 3.67. The quantitative estimate of drug-likeness (QED) is 0.825. The SMILES string of the molecule is Cc1cc(Cl)cc(C)c1OC1(CCNC(C)C)CCC1. The minimum absolute atomic E-state index is 0.0330. The maximum Gasteiger partial charge on any atom is 0.126 e. The fourth-order valence-corrected chi connectivity index (χ4v) is 3.17. The Morgan fingerprint density at radius 2 is 1.85 bits per heavy atom. The molecule has 0 spiro atoms. The van der Waals surface area contributed by atoms with Gasteiger partial charge in [-0.15, -0.1) is 0 Å². The highest BCUT2D eigenvalue weighted by Gasteiger charge is 2.39. The molecule has 20 heavy (non-hydrogen) atoms. The molecule has 0 aliphatic heterocycles. The number of rotatable bonds is 6. The maximum atomic E-state index is 6.44. The zero-order chi connectivity index (χ0) is 14.8. The van der Waals surface area contributed by atoms with Gasteiger partial charge >= 0.3 is 0 Å². The highest BCUT2D eigenvalue weighted by atomic mass is 35.5. The van der Waals surface area contributed by atoms with Crippen molar-refractivity contribution in [3.05, 3.63) is 28.3 Å². The summed E-state index contributed by atoms with van der Waals surface area (Å²) in [6.07, 6.45) is 4.67. The molecule has 1 aliphatic rings. The zero-order valence-electron chi connectivity index (χ0n) is 13.1. The average Bonchev–Trinajstić information content (AvgIpc) is 2.28. The number of hydrogen-bond acceptors (Lipinski definition) is 2. The fourth-order valence-electron chi connectivity index (χ4n) is 2.84. The number of nitrogens with one attached hydrogen (secondary N) is 1. The molecule has 112 valence electrons. The Morgan fingerprint density at radius 1 is 1.25 bits per heavy atom. The molecule has 0 bridgehead atoms. The summed E-state index contributed by atoms with van der Waals surface area (Å²) in [4.78, 5) is 0. The molecule has 0 saturated heterocycles. The summed E-state index contributed by atoms with van der Waals surface area (Å²) >= 11 is 6.09. The van der Waals surface area contributed by atoms with Crippen molar-refractivity contribution in [3.8, 4) is 5.75 Å². The molecule has 0 unspecified atom stereocenters. The third-order valence-electron chi connectivity index (χ3n) is 4.14. The second-order valence-electron chi connectivity index (χ2n) is 6.37. The summed E-state index contributed by atoms with van der Waals surface area (Å²) < 4.78 is 6.44. The molecule has 1 aromatic rings. The topological polar surface area (TPSA) is 21.3 Å². The number of benzene rings is 1. The zero-order valence-corrected chi connectivity index (χ0v) is 13.8. The van der Waals surface area contributed by atoms with Gasteiger partial charge in [0.15, 0.2) is 0 Å². The first-order valence-corrected chi connectivity index (χ1v) is 7.99. The van der Waals surface area contributed by atoms with Gasteiger partial charge in [-0.2, -0.15) is 0 Å². The smallest absolute Gasteiger partial charge is 0.126 e. The van der Waals surface area contributed by atoms with Crippen molar-refractivity contribution in [3.63, 3.8) is 0 Å². The molecule has 1 fully saturated rings. The van der Waals surface area contributed by atoms with Crippen molar-refractivity contribution >= 4 is 11.6 Å². The van der Waals surface area contributed by atoms with Gasteiger partial charge in [-0.1, -0.05) is 25.4 Å². The Kier molecular flexibility index (Phi) is 4.98. The van der Waals surface area contributed by atoms with E-state index >= 15 is 0 Å². The van der Waals surface area contributed by atoms with Crippen molar-refractivity contribution in [1.82, 2.24) is 5.32 Å². The van der Waals surface area contributed by atoms with Crippen molar-refractivity contribution in [1.29, 1.82) is 0 Å². The second-order valence-corrected chi connectivity index (χ2v) is 6.80. The maximum absolute atomic E-state index is 6.44. The van der Waals surface area contributed by atoms with Crippen LogP contribution >= 0.6 is 11.6 Å². The molecule has 2 nitrogen and oxygen atoms in total. The van der Waals surface area contributed by atoms with Crippen LogP contribution in [-0.2, 0) is 0 Å². The minimum atomic E-state index is 0.0330. The lowest BCUT2D eigenvalue weighted by atomic mass is 9.77. The molecule has 0 aromatic heterocycles. The molecule has 1 N–H and O–H groups in total. The van der Waals surface area contributed by atoms with Gasteiger partial charge in [0, 0.05) is 11.1 Å². The van der Waals surface area contributed by atoms with Crippen molar-refractivity contribution < 1.29 is 4.74 Å². The van der Waals surface area contributed by atoms with Crippen molar-refractivity contribution in [2.45, 2.75) is 65.0 Å². The normalized spacial score (nSPS) is 17.1. The molecule has 0 heterocycles. The van der Waals surface area contributed by atoms with E-state index in [1.54, 1.807) is 0 Å². The standard InChI is InChI=1S/C17H26ClNO/c1-12(2)19-9-8-17(6-5-7-17)20-16-13(3)10-15(18)11-14(16)4/h10-12,19H,5-9H2,1-4H3. The Bertz CT molecular complexity index is 443. The van der Waals surface area contributed by atoms with Crippen LogP contribution in [0.15, 0.2) is 12.1 Å². The van der Waals surface area contributed by atoms with Crippen molar-refractivity contribution in [2.75, 3.05) is 6.54 Å². The first-order chi connectivity index (χ1) is 9.42. The molecule has 0 atom stereocenters. The predicted octanol–water partition coefficient (Wildman–Crippen LogP) is 4.65. The van der Waals surface area contributed by atoms with Gasteiger partial charge in [-0.05, 0) is 69.3 Å². The van der Waals surface area contributed by atoms with E-state index in [1.807, 2.05) is 12.1 Å². The van der Waals surface area contributed by atoms with Crippen LogP contribution in [0, 0.1) is 13.8 Å². The lowest BCUT2D eigenvalue weighted by Crippen LogP contribution is -2.46. The molecule has 1 aromatic carbocycles. The van der Waals surface area contributed by atoms with Crippen LogP contribution in [0.25, 0.3) is 0 Å². The molecule has 2 rings (SSSR count). The monoisotopic (exact) mass is 295 g/mol. The lowest BCUT2D eigenvalue weighted by Gasteiger charge is -2.43. The number of aryl methyl sites for hydroxylation is 2. The van der Waals surface area contributed by atoms with E-state index in [0.29, 0.717) is 6.04 Å². The number of halogens is 1. The van der Waals surface area contributed by atoms with Gasteiger partial charge in [0.2, 0.25) is 0 Å². The van der Waals surface area contributed by atoms with E-state index in [2.05, 4.69) is 33.0 Å². The van der Waals surface area contributed by atoms with Crippen LogP contribution in [0.4, 0.5) is 0 Å². The second kappa shape index (κ2) is 6.36. The van der Waals surface area contributed by atoms with Crippen LogP contribution < -0.4 is 10.1 Å². The molecular weight excluding hydrogens is 270 g/mol. The van der Waals surface area contributed by atoms with E-state index in [-0.39, 0.29) is 5.60 Å². The number of hydrogen-bond donors (Lipinski definition) is 1. The molecule has 1 aliphatic carbocycles. The van der Waals surface area contributed by atoms with E-state index < -0.39 is 0 Å². The summed E-state index contributed by atoms with van der Waals surface area (Å²) in [5, 5.41) is 4.28. The summed E-state index contributed by atoms with van der Waals surface area (Å²) in [6.45, 7) is 9.53. The fraction of sp³-hybridized carbons (Fsp3) is 0.647. The van der Waals surface area contributed by atoms with Gasteiger partial charge in [0.25, 0.3) is 0 Å². The van der Waals surface area contributed by atoms with Gasteiger partial charge in [0.1, 0.15) is 11.4 Å². The Hall–Kier alpha value is -0.730. The molecular formula is C17H26ClNO. The van der Waals surface area contributed by atoms with Crippen molar-refractivity contribution in [2.24, 2.45) is 0 Å². The van der Waals surface area contributed by atoms with Gasteiger partial charge < -0.3 is 10.1 Å². The highest BCUT2D eigenvalue weighted by molar-refractivity contribution is 6.30. The van der Waals surface area contributed by atoms with E-state index in [9.17, 15) is 0 Å². The summed E-state index contributed by atoms with van der Waals surface area (Å²) in [5.41, 5.74) is 2.31. The summed E-state index contributed by atoms with van der Waals surface area (Å²) in [5.74, 6) is 1.03. The summed E-state index contributed by atoms with van der Waals surface area (Å²) in [7, 11) is 0. The van der Waals surface area contributed by atoms with Crippen LogP contribution in [0.3, 0.4) is 0 Å². The largest absolute Gasteiger partial charge is 0.487 e. The Labute approximate surface area is 127 Å². The van der Waals surface area contributed by atoms with E-state index in [0.717, 1.165) is 47.7 Å².